The monoisotopic (exact) mass is 283 g/mol. The van der Waals surface area contributed by atoms with Crippen molar-refractivity contribution in [2.45, 2.75) is 13.1 Å². The second-order valence-electron chi connectivity index (χ2n) is 3.72. The molecule has 0 amide bonds. The van der Waals surface area contributed by atoms with E-state index in [-0.39, 0.29) is 6.54 Å². The van der Waals surface area contributed by atoms with Gasteiger partial charge in [-0.25, -0.2) is 13.6 Å². The summed E-state index contributed by atoms with van der Waals surface area (Å²) in [7, 11) is 0. The van der Waals surface area contributed by atoms with E-state index < -0.39 is 41.6 Å². The van der Waals surface area contributed by atoms with Gasteiger partial charge in [0.05, 0.1) is 5.56 Å². The van der Waals surface area contributed by atoms with E-state index in [0.29, 0.717) is 17.0 Å². The smallest absolute Gasteiger partial charge is 0.405 e. The molecule has 1 aromatic rings. The van der Waals surface area contributed by atoms with E-state index in [1.807, 2.05) is 0 Å². The molecule has 1 N–H and O–H groups in total. The second kappa shape index (κ2) is 5.41. The number of carboxylic acid groups (broad SMARTS) is 1. The van der Waals surface area contributed by atoms with Gasteiger partial charge in [0.25, 0.3) is 0 Å². The van der Waals surface area contributed by atoms with Gasteiger partial charge in [-0.2, -0.15) is 13.2 Å². The molecule has 0 aliphatic rings. The minimum Gasteiger partial charge on any atom is -0.478 e. The lowest BCUT2D eigenvalue weighted by Crippen LogP contribution is -2.35. The molecule has 0 saturated heterocycles. The number of anilines is 1. The van der Waals surface area contributed by atoms with Gasteiger partial charge in [0, 0.05) is 6.54 Å². The van der Waals surface area contributed by atoms with Crippen molar-refractivity contribution in [3.05, 3.63) is 29.3 Å². The van der Waals surface area contributed by atoms with Crippen molar-refractivity contribution in [1.82, 2.24) is 0 Å². The lowest BCUT2D eigenvalue weighted by atomic mass is 10.1. The Morgan fingerprint density at radius 3 is 2.05 bits per heavy atom. The summed E-state index contributed by atoms with van der Waals surface area (Å²) in [5.41, 5.74) is -1.55. The van der Waals surface area contributed by atoms with Crippen LogP contribution in [0, 0.1) is 11.6 Å². The highest BCUT2D eigenvalue weighted by atomic mass is 19.4. The van der Waals surface area contributed by atoms with Gasteiger partial charge in [0.2, 0.25) is 0 Å². The first-order chi connectivity index (χ1) is 8.65. The van der Waals surface area contributed by atoms with Crippen LogP contribution in [0.1, 0.15) is 17.3 Å². The molecule has 106 valence electrons. The van der Waals surface area contributed by atoms with E-state index in [0.717, 1.165) is 0 Å². The molecule has 0 bridgehead atoms. The van der Waals surface area contributed by atoms with E-state index in [9.17, 15) is 26.7 Å². The van der Waals surface area contributed by atoms with Crippen LogP contribution in [0.5, 0.6) is 0 Å². The van der Waals surface area contributed by atoms with Crippen molar-refractivity contribution < 1.29 is 31.9 Å². The highest BCUT2D eigenvalue weighted by Crippen LogP contribution is 2.28. The minimum atomic E-state index is -4.62. The molecule has 0 fully saturated rings. The summed E-state index contributed by atoms with van der Waals surface area (Å²) in [4.78, 5) is 11.0. The summed E-state index contributed by atoms with van der Waals surface area (Å²) in [6.07, 6.45) is -4.62. The number of hydrogen-bond acceptors (Lipinski definition) is 2. The Bertz CT molecular complexity index is 463. The Morgan fingerprint density at radius 2 is 1.74 bits per heavy atom. The molecule has 0 atom stereocenters. The number of rotatable bonds is 4. The predicted octanol–water partition coefficient (Wildman–Crippen LogP) is 3.05. The van der Waals surface area contributed by atoms with E-state index in [1.54, 1.807) is 0 Å². The highest BCUT2D eigenvalue weighted by Gasteiger charge is 2.32. The Hall–Kier alpha value is -1.86. The summed E-state index contributed by atoms with van der Waals surface area (Å²) in [5, 5.41) is 8.58. The Kier molecular flexibility index (Phi) is 4.33. The molecule has 1 aromatic carbocycles. The zero-order valence-electron chi connectivity index (χ0n) is 9.76. The molecule has 8 heteroatoms. The van der Waals surface area contributed by atoms with Crippen molar-refractivity contribution in [2.75, 3.05) is 18.0 Å². The van der Waals surface area contributed by atoms with E-state index >= 15 is 0 Å². The maximum absolute atomic E-state index is 13.6. The molecule has 1 rings (SSSR count). The Labute approximate surface area is 105 Å². The normalized spacial score (nSPS) is 11.5. The first kappa shape index (κ1) is 15.2. The van der Waals surface area contributed by atoms with Gasteiger partial charge >= 0.3 is 12.1 Å². The van der Waals surface area contributed by atoms with Crippen LogP contribution in [0.2, 0.25) is 0 Å². The Balaban J connectivity index is 3.22. The van der Waals surface area contributed by atoms with Crippen LogP contribution in [0.15, 0.2) is 12.1 Å². The van der Waals surface area contributed by atoms with Crippen molar-refractivity contribution in [1.29, 1.82) is 0 Å². The van der Waals surface area contributed by atoms with Crippen LogP contribution in [-0.2, 0) is 0 Å². The second-order valence-corrected chi connectivity index (χ2v) is 3.72. The third kappa shape index (κ3) is 3.80. The van der Waals surface area contributed by atoms with Gasteiger partial charge in [-0.05, 0) is 19.1 Å². The molecule has 0 spiro atoms. The van der Waals surface area contributed by atoms with Crippen molar-refractivity contribution >= 4 is 11.7 Å². The molecule has 0 aliphatic carbocycles. The first-order valence-corrected chi connectivity index (χ1v) is 5.19. The van der Waals surface area contributed by atoms with Gasteiger partial charge < -0.3 is 10.0 Å². The zero-order valence-corrected chi connectivity index (χ0v) is 9.76. The SMILES string of the molecule is CCN(CC(F)(F)F)c1c(F)cc(C(=O)O)cc1F. The van der Waals surface area contributed by atoms with Gasteiger partial charge in [-0.3, -0.25) is 0 Å². The molecule has 0 radical (unpaired) electrons. The number of benzene rings is 1. The summed E-state index contributed by atoms with van der Waals surface area (Å²) in [5.74, 6) is -4.25. The molecule has 0 aromatic heterocycles. The van der Waals surface area contributed by atoms with Gasteiger partial charge in [0.1, 0.15) is 23.9 Å². The minimum absolute atomic E-state index is 0.278. The predicted molar refractivity (Wildman–Crippen MR) is 57.3 cm³/mol. The van der Waals surface area contributed by atoms with Crippen LogP contribution in [0.4, 0.5) is 27.6 Å². The van der Waals surface area contributed by atoms with Gasteiger partial charge in [-0.15, -0.1) is 0 Å². The quantitative estimate of drug-likeness (QED) is 0.863. The van der Waals surface area contributed by atoms with Crippen LogP contribution in [0.3, 0.4) is 0 Å². The summed E-state index contributed by atoms with van der Waals surface area (Å²) in [6, 6.07) is 0.972. The van der Waals surface area contributed by atoms with Gasteiger partial charge in [-0.1, -0.05) is 0 Å². The summed E-state index contributed by atoms with van der Waals surface area (Å²) < 4.78 is 63.9. The average Bonchev–Trinajstić information content (AvgIpc) is 2.24. The largest absolute Gasteiger partial charge is 0.478 e. The van der Waals surface area contributed by atoms with Crippen molar-refractivity contribution in [3.8, 4) is 0 Å². The summed E-state index contributed by atoms with van der Waals surface area (Å²) >= 11 is 0. The molecule has 0 unspecified atom stereocenters. The number of carboxylic acids is 1. The molecular weight excluding hydrogens is 273 g/mol. The molecule has 0 heterocycles. The average molecular weight is 283 g/mol. The molecular formula is C11H10F5NO2. The van der Waals surface area contributed by atoms with E-state index in [2.05, 4.69) is 0 Å². The van der Waals surface area contributed by atoms with Crippen LogP contribution < -0.4 is 4.90 Å². The topological polar surface area (TPSA) is 40.5 Å². The third-order valence-corrected chi connectivity index (χ3v) is 2.33. The molecule has 3 nitrogen and oxygen atoms in total. The lowest BCUT2D eigenvalue weighted by Gasteiger charge is -2.25. The number of hydrogen-bond donors (Lipinski definition) is 1. The molecule has 0 saturated carbocycles. The van der Waals surface area contributed by atoms with Crippen molar-refractivity contribution in [2.24, 2.45) is 0 Å². The van der Waals surface area contributed by atoms with E-state index in [4.69, 9.17) is 5.11 Å². The number of carbonyl (C=O) groups is 1. The van der Waals surface area contributed by atoms with Gasteiger partial charge in [0.15, 0.2) is 0 Å². The fourth-order valence-electron chi connectivity index (χ4n) is 1.56. The molecule has 0 aliphatic heterocycles. The molecule has 19 heavy (non-hydrogen) atoms. The third-order valence-electron chi connectivity index (χ3n) is 2.33. The lowest BCUT2D eigenvalue weighted by molar-refractivity contribution is -0.119. The first-order valence-electron chi connectivity index (χ1n) is 5.19. The fraction of sp³-hybridized carbons (Fsp3) is 0.364. The Morgan fingerprint density at radius 1 is 1.26 bits per heavy atom. The summed E-state index contributed by atoms with van der Waals surface area (Å²) in [6.45, 7) is -0.501. The zero-order chi connectivity index (χ0) is 14.8. The van der Waals surface area contributed by atoms with Crippen LogP contribution in [0.25, 0.3) is 0 Å². The number of aromatic carboxylic acids is 1. The highest BCUT2D eigenvalue weighted by molar-refractivity contribution is 5.88. The number of nitrogens with zero attached hydrogens (tertiary/aromatic N) is 1. The van der Waals surface area contributed by atoms with E-state index in [1.165, 1.54) is 6.92 Å². The fourth-order valence-corrected chi connectivity index (χ4v) is 1.56. The van der Waals surface area contributed by atoms with Crippen LogP contribution in [-0.4, -0.2) is 30.3 Å². The van der Waals surface area contributed by atoms with Crippen molar-refractivity contribution in [3.63, 3.8) is 0 Å². The number of halogens is 5. The number of alkyl halides is 3. The van der Waals surface area contributed by atoms with Crippen LogP contribution >= 0.6 is 0 Å². The maximum atomic E-state index is 13.6. The maximum Gasteiger partial charge on any atom is 0.405 e. The standard InChI is InChI=1S/C11H10F5NO2/c1-2-17(5-11(14,15)16)9-7(12)3-6(10(18)19)4-8(9)13/h3-4H,2,5H2,1H3,(H,18,19).